The molecule has 0 N–H and O–H groups in total. The van der Waals surface area contributed by atoms with Crippen molar-refractivity contribution in [3.63, 3.8) is 0 Å². The second kappa shape index (κ2) is 2.27. The van der Waals surface area contributed by atoms with Crippen molar-refractivity contribution in [2.75, 3.05) is 0 Å². The first-order valence-electron chi connectivity index (χ1n) is 5.58. The quantitative estimate of drug-likeness (QED) is 0.601. The summed E-state index contributed by atoms with van der Waals surface area (Å²) in [6.07, 6.45) is 1.36. The van der Waals surface area contributed by atoms with Crippen LogP contribution in [0.3, 0.4) is 0 Å². The van der Waals surface area contributed by atoms with Gasteiger partial charge in [-0.3, -0.25) is 0 Å². The Morgan fingerprint density at radius 2 is 1.67 bits per heavy atom. The molecule has 0 heterocycles. The van der Waals surface area contributed by atoms with E-state index in [1.165, 1.54) is 6.42 Å². The molecule has 2 aliphatic carbocycles. The lowest BCUT2D eigenvalue weighted by molar-refractivity contribution is 0.229. The molecule has 0 aromatic rings. The smallest absolute Gasteiger partial charge is 0.0178 e. The second-order valence-electron chi connectivity index (χ2n) is 5.28. The van der Waals surface area contributed by atoms with Gasteiger partial charge >= 0.3 is 0 Å². The van der Waals surface area contributed by atoms with Gasteiger partial charge in [-0.05, 0) is 35.0 Å². The monoisotopic (exact) mass is 166 g/mol. The predicted molar refractivity (Wildman–Crippen MR) is 52.9 cm³/mol. The summed E-state index contributed by atoms with van der Waals surface area (Å²) in [5.74, 6) is 5.12. The summed E-state index contributed by atoms with van der Waals surface area (Å²) in [6.45, 7) is 12.1. The fraction of sp³-hybridized carbons (Fsp3) is 1.00. The Balaban J connectivity index is 2.02. The molecule has 4 atom stereocenters. The third-order valence-corrected chi connectivity index (χ3v) is 5.30. The van der Waals surface area contributed by atoms with E-state index in [1.54, 1.807) is 0 Å². The molecule has 0 amide bonds. The van der Waals surface area contributed by atoms with Crippen LogP contribution >= 0.6 is 0 Å². The largest absolute Gasteiger partial charge is 0.0651 e. The predicted octanol–water partition coefficient (Wildman–Crippen LogP) is 3.57. The lowest BCUT2D eigenvalue weighted by atomic mass is 9.79. The maximum absolute atomic E-state index is 2.48. The lowest BCUT2D eigenvalue weighted by Gasteiger charge is -2.25. The fourth-order valence-corrected chi connectivity index (χ4v) is 4.00. The minimum atomic E-state index is 0.815. The van der Waals surface area contributed by atoms with Crippen LogP contribution in [-0.2, 0) is 0 Å². The normalized spacial score (nSPS) is 54.2. The van der Waals surface area contributed by atoms with E-state index in [0.717, 1.165) is 35.0 Å². The Morgan fingerprint density at radius 1 is 1.17 bits per heavy atom. The standard InChI is InChI=1S/C12H22/c1-6-7(2)8(3)12-9(4)11(12)10(12)5/h7-11H,6H2,1-5H3. The van der Waals surface area contributed by atoms with E-state index < -0.39 is 0 Å². The zero-order chi connectivity index (χ0) is 9.09. The van der Waals surface area contributed by atoms with Gasteiger partial charge in [0.2, 0.25) is 0 Å². The molecule has 0 radical (unpaired) electrons. The Labute approximate surface area is 76.7 Å². The number of hydrogen-bond acceptors (Lipinski definition) is 0. The molecular weight excluding hydrogens is 144 g/mol. The van der Waals surface area contributed by atoms with Gasteiger partial charge in [-0.25, -0.2) is 0 Å². The van der Waals surface area contributed by atoms with E-state index in [4.69, 9.17) is 0 Å². The van der Waals surface area contributed by atoms with E-state index in [2.05, 4.69) is 34.6 Å². The highest BCUT2D eigenvalue weighted by Gasteiger charge is 2.83. The summed E-state index contributed by atoms with van der Waals surface area (Å²) in [5, 5.41) is 0. The SMILES string of the molecule is CCC(C)C(C)C12C(C)C1C2C. The number of fused-ring (bicyclic) bond motifs is 1. The van der Waals surface area contributed by atoms with Gasteiger partial charge in [-0.15, -0.1) is 0 Å². The van der Waals surface area contributed by atoms with Crippen molar-refractivity contribution < 1.29 is 0 Å². The van der Waals surface area contributed by atoms with Crippen LogP contribution in [0.1, 0.15) is 41.0 Å². The van der Waals surface area contributed by atoms with Crippen LogP contribution in [0.5, 0.6) is 0 Å². The summed E-state index contributed by atoms with van der Waals surface area (Å²) in [7, 11) is 0. The minimum Gasteiger partial charge on any atom is -0.0651 e. The molecule has 0 aliphatic heterocycles. The first kappa shape index (κ1) is 8.59. The molecule has 2 saturated carbocycles. The van der Waals surface area contributed by atoms with Crippen molar-refractivity contribution in [1.29, 1.82) is 0 Å². The topological polar surface area (TPSA) is 0 Å². The third-order valence-electron chi connectivity index (χ3n) is 5.30. The van der Waals surface area contributed by atoms with Crippen molar-refractivity contribution in [3.05, 3.63) is 0 Å². The Bertz CT molecular complexity index is 184. The highest BCUT2D eigenvalue weighted by Crippen LogP contribution is 2.87. The highest BCUT2D eigenvalue weighted by molar-refractivity contribution is 5.30. The summed E-state index contributed by atoms with van der Waals surface area (Å²) in [6, 6.07) is 0. The van der Waals surface area contributed by atoms with Gasteiger partial charge < -0.3 is 0 Å². The molecule has 0 aromatic heterocycles. The maximum Gasteiger partial charge on any atom is -0.0178 e. The maximum atomic E-state index is 2.48. The zero-order valence-electron chi connectivity index (χ0n) is 9.09. The third kappa shape index (κ3) is 0.701. The van der Waals surface area contributed by atoms with E-state index in [9.17, 15) is 0 Å². The van der Waals surface area contributed by atoms with Crippen LogP contribution in [0.15, 0.2) is 0 Å². The number of rotatable bonds is 3. The first-order chi connectivity index (χ1) is 5.58. The molecule has 4 unspecified atom stereocenters. The molecule has 0 heteroatoms. The van der Waals surface area contributed by atoms with Gasteiger partial charge in [0, 0.05) is 0 Å². The van der Waals surface area contributed by atoms with Crippen molar-refractivity contribution >= 4 is 0 Å². The van der Waals surface area contributed by atoms with Crippen LogP contribution < -0.4 is 0 Å². The minimum absolute atomic E-state index is 0.815. The highest BCUT2D eigenvalue weighted by atomic mass is 14.9. The summed E-state index contributed by atoms with van der Waals surface area (Å²) < 4.78 is 0. The summed E-state index contributed by atoms with van der Waals surface area (Å²) in [5.41, 5.74) is 0.815. The van der Waals surface area contributed by atoms with Crippen LogP contribution in [0.25, 0.3) is 0 Å². The van der Waals surface area contributed by atoms with Crippen molar-refractivity contribution in [2.45, 2.75) is 41.0 Å². The first-order valence-corrected chi connectivity index (χ1v) is 5.58. The molecular formula is C12H22. The molecule has 0 bridgehead atoms. The zero-order valence-corrected chi connectivity index (χ0v) is 9.09. The molecule has 0 spiro atoms. The molecule has 0 saturated heterocycles. The molecule has 2 aliphatic rings. The van der Waals surface area contributed by atoms with Crippen molar-refractivity contribution in [2.24, 2.45) is 35.0 Å². The van der Waals surface area contributed by atoms with Gasteiger partial charge in [0.25, 0.3) is 0 Å². The molecule has 70 valence electrons. The van der Waals surface area contributed by atoms with Gasteiger partial charge in [0.05, 0.1) is 0 Å². The van der Waals surface area contributed by atoms with E-state index >= 15 is 0 Å². The van der Waals surface area contributed by atoms with Crippen LogP contribution in [0.2, 0.25) is 0 Å². The van der Waals surface area contributed by atoms with E-state index in [-0.39, 0.29) is 0 Å². The Kier molecular flexibility index (Phi) is 1.63. The molecule has 0 nitrogen and oxygen atoms in total. The number of hydrogen-bond donors (Lipinski definition) is 0. The lowest BCUT2D eigenvalue weighted by Crippen LogP contribution is -2.19. The van der Waals surface area contributed by atoms with Crippen molar-refractivity contribution in [3.8, 4) is 0 Å². The molecule has 2 fully saturated rings. The van der Waals surface area contributed by atoms with Crippen molar-refractivity contribution in [1.82, 2.24) is 0 Å². The van der Waals surface area contributed by atoms with Gasteiger partial charge in [-0.1, -0.05) is 41.0 Å². The molecule has 12 heavy (non-hydrogen) atoms. The van der Waals surface area contributed by atoms with Gasteiger partial charge in [0.1, 0.15) is 0 Å². The average molecular weight is 166 g/mol. The second-order valence-corrected chi connectivity index (χ2v) is 5.28. The average Bonchev–Trinajstić information content (AvgIpc) is 2.90. The van der Waals surface area contributed by atoms with E-state index in [0.29, 0.717) is 0 Å². The van der Waals surface area contributed by atoms with E-state index in [1.807, 2.05) is 0 Å². The van der Waals surface area contributed by atoms with Crippen LogP contribution in [0.4, 0.5) is 0 Å². The Hall–Kier alpha value is 0. The molecule has 2 rings (SSSR count). The summed E-state index contributed by atoms with van der Waals surface area (Å²) in [4.78, 5) is 0. The van der Waals surface area contributed by atoms with Crippen LogP contribution in [0, 0.1) is 35.0 Å². The fourth-order valence-electron chi connectivity index (χ4n) is 4.00. The van der Waals surface area contributed by atoms with Gasteiger partial charge in [0.15, 0.2) is 0 Å². The van der Waals surface area contributed by atoms with Gasteiger partial charge in [-0.2, -0.15) is 0 Å². The van der Waals surface area contributed by atoms with Crippen LogP contribution in [-0.4, -0.2) is 0 Å². The Morgan fingerprint density at radius 3 is 1.92 bits per heavy atom. The summed E-state index contributed by atoms with van der Waals surface area (Å²) >= 11 is 0. The molecule has 0 aromatic carbocycles.